The number of para-hydroxylation sites is 1. The zero-order valence-electron chi connectivity index (χ0n) is 23.2. The van der Waals surface area contributed by atoms with Gasteiger partial charge in [0.25, 0.3) is 0 Å². The topological polar surface area (TPSA) is 95.3 Å². The predicted molar refractivity (Wildman–Crippen MR) is 151 cm³/mol. The molecule has 1 N–H and O–H groups in total. The standard InChI is InChI=1S/C31H31F3N4O4/c1-19-16-22(21-12-14-37(15-13-21)20(2)39)10-11-23(19)18-42-27-8-4-3-6-24(27)26-7-5-9-28(36-26)38-29(31(32,33)34)25(17-35-38)30(40)41/h3-11,16-17,21,25,29H,12-15,18H2,1-2H3,(H,40,41). The normalized spacial score (nSPS) is 19.3. The van der Waals surface area contributed by atoms with Crippen LogP contribution < -0.4 is 9.75 Å². The number of carbonyl (C=O) groups excluding carboxylic acids is 1. The average Bonchev–Trinajstić information content (AvgIpc) is 3.44. The monoisotopic (exact) mass is 580 g/mol. The smallest absolute Gasteiger partial charge is 0.412 e. The first kappa shape index (κ1) is 29.1. The number of carbonyl (C=O) groups is 2. The number of aryl methyl sites for hydroxylation is 1. The lowest BCUT2D eigenvalue weighted by molar-refractivity contribution is -0.166. The van der Waals surface area contributed by atoms with Crippen molar-refractivity contribution in [3.63, 3.8) is 0 Å². The summed E-state index contributed by atoms with van der Waals surface area (Å²) >= 11 is 0. The Hall–Kier alpha value is -4.41. The Morgan fingerprint density at radius 3 is 2.45 bits per heavy atom. The Balaban J connectivity index is 1.32. The third-order valence-corrected chi connectivity index (χ3v) is 7.87. The summed E-state index contributed by atoms with van der Waals surface area (Å²) in [6.45, 7) is 5.43. The molecule has 0 saturated carbocycles. The molecule has 1 amide bonds. The maximum absolute atomic E-state index is 13.8. The van der Waals surface area contributed by atoms with Gasteiger partial charge in [0.2, 0.25) is 5.91 Å². The van der Waals surface area contributed by atoms with Crippen LogP contribution in [0.3, 0.4) is 0 Å². The van der Waals surface area contributed by atoms with E-state index in [4.69, 9.17) is 4.74 Å². The van der Waals surface area contributed by atoms with E-state index in [0.29, 0.717) is 27.9 Å². The van der Waals surface area contributed by atoms with E-state index in [-0.39, 0.29) is 18.3 Å². The fourth-order valence-corrected chi connectivity index (χ4v) is 5.52. The van der Waals surface area contributed by atoms with Gasteiger partial charge in [-0.1, -0.05) is 36.4 Å². The number of nitrogens with zero attached hydrogens (tertiary/aromatic N) is 4. The fraction of sp³-hybridized carbons (Fsp3) is 0.355. The van der Waals surface area contributed by atoms with Gasteiger partial charge in [-0.2, -0.15) is 18.3 Å². The number of ether oxygens (including phenoxy) is 1. The van der Waals surface area contributed by atoms with Gasteiger partial charge in [-0.05, 0) is 66.6 Å². The van der Waals surface area contributed by atoms with Crippen LogP contribution in [-0.2, 0) is 16.2 Å². The third-order valence-electron chi connectivity index (χ3n) is 7.87. The van der Waals surface area contributed by atoms with Crippen molar-refractivity contribution in [3.8, 4) is 17.0 Å². The van der Waals surface area contributed by atoms with Crippen molar-refractivity contribution in [1.29, 1.82) is 0 Å². The van der Waals surface area contributed by atoms with E-state index in [1.807, 2.05) is 17.9 Å². The van der Waals surface area contributed by atoms with Crippen molar-refractivity contribution < 1.29 is 32.6 Å². The number of hydrazone groups is 1. The highest BCUT2D eigenvalue weighted by molar-refractivity contribution is 5.92. The summed E-state index contributed by atoms with van der Waals surface area (Å²) in [5.74, 6) is -2.56. The van der Waals surface area contributed by atoms with E-state index >= 15 is 0 Å². The van der Waals surface area contributed by atoms with E-state index in [9.17, 15) is 27.9 Å². The number of carboxylic acids is 1. The highest BCUT2D eigenvalue weighted by Gasteiger charge is 2.54. The molecular formula is C31H31F3N4O4. The molecule has 2 unspecified atom stereocenters. The van der Waals surface area contributed by atoms with E-state index in [0.717, 1.165) is 43.3 Å². The van der Waals surface area contributed by atoms with Gasteiger partial charge in [0.15, 0.2) is 6.04 Å². The number of carboxylic acid groups (broad SMARTS) is 1. The van der Waals surface area contributed by atoms with Crippen molar-refractivity contribution >= 4 is 23.9 Å². The van der Waals surface area contributed by atoms with Crippen LogP contribution in [0.4, 0.5) is 19.0 Å². The highest BCUT2D eigenvalue weighted by Crippen LogP contribution is 2.38. The SMILES string of the molecule is CC(=O)N1CCC(c2ccc(COc3ccccc3-c3cccc(N4N=CC(C(=O)O)C4C(F)(F)F)n3)c(C)c2)CC1. The Bertz CT molecular complexity index is 1500. The Kier molecular flexibility index (Phi) is 8.20. The number of rotatable bonds is 7. The van der Waals surface area contributed by atoms with Crippen LogP contribution in [0.25, 0.3) is 11.3 Å². The maximum atomic E-state index is 13.8. The minimum atomic E-state index is -4.84. The largest absolute Gasteiger partial charge is 0.488 e. The summed E-state index contributed by atoms with van der Waals surface area (Å²) in [6.07, 6.45) is -2.19. The first-order valence-corrected chi connectivity index (χ1v) is 13.7. The number of anilines is 1. The molecule has 3 heterocycles. The number of aliphatic carboxylic acids is 1. The number of aromatic nitrogens is 1. The molecule has 1 aromatic heterocycles. The van der Waals surface area contributed by atoms with E-state index in [2.05, 4.69) is 22.2 Å². The van der Waals surface area contributed by atoms with Gasteiger partial charge < -0.3 is 14.7 Å². The molecule has 0 aliphatic carbocycles. The fourth-order valence-electron chi connectivity index (χ4n) is 5.52. The molecule has 1 fully saturated rings. The van der Waals surface area contributed by atoms with E-state index in [1.54, 1.807) is 43.3 Å². The molecule has 220 valence electrons. The minimum Gasteiger partial charge on any atom is -0.488 e. The molecule has 5 rings (SSSR count). The molecule has 2 aliphatic rings. The molecule has 11 heteroatoms. The molecule has 2 aliphatic heterocycles. The molecule has 1 saturated heterocycles. The summed E-state index contributed by atoms with van der Waals surface area (Å²) in [5.41, 5.74) is 4.26. The van der Waals surface area contributed by atoms with Gasteiger partial charge in [-0.15, -0.1) is 0 Å². The maximum Gasteiger partial charge on any atom is 0.412 e. The summed E-state index contributed by atoms with van der Waals surface area (Å²) in [7, 11) is 0. The van der Waals surface area contributed by atoms with Crippen LogP contribution in [0.2, 0.25) is 0 Å². The summed E-state index contributed by atoms with van der Waals surface area (Å²) in [6, 6.07) is 15.6. The quantitative estimate of drug-likeness (QED) is 0.380. The number of halogens is 3. The summed E-state index contributed by atoms with van der Waals surface area (Å²) in [5, 5.41) is 13.7. The van der Waals surface area contributed by atoms with Gasteiger partial charge in [0.05, 0.1) is 5.69 Å². The van der Waals surface area contributed by atoms with Crippen LogP contribution in [0.15, 0.2) is 65.8 Å². The molecule has 8 nitrogen and oxygen atoms in total. The molecule has 3 aromatic rings. The van der Waals surface area contributed by atoms with Gasteiger partial charge in [-0.3, -0.25) is 9.59 Å². The molecule has 42 heavy (non-hydrogen) atoms. The minimum absolute atomic E-state index is 0.112. The Morgan fingerprint density at radius 1 is 1.05 bits per heavy atom. The first-order valence-electron chi connectivity index (χ1n) is 13.7. The van der Waals surface area contributed by atoms with Crippen LogP contribution in [0, 0.1) is 12.8 Å². The Morgan fingerprint density at radius 2 is 1.79 bits per heavy atom. The lowest BCUT2D eigenvalue weighted by Crippen LogP contribution is -2.47. The lowest BCUT2D eigenvalue weighted by Gasteiger charge is -2.31. The molecular weight excluding hydrogens is 549 g/mol. The van der Waals surface area contributed by atoms with Gasteiger partial charge in [-0.25, -0.2) is 9.99 Å². The lowest BCUT2D eigenvalue weighted by atomic mass is 9.88. The van der Waals surface area contributed by atoms with E-state index in [1.165, 1.54) is 11.6 Å². The number of benzene rings is 2. The van der Waals surface area contributed by atoms with Crippen LogP contribution in [0.1, 0.15) is 42.4 Å². The van der Waals surface area contributed by atoms with Gasteiger partial charge in [0.1, 0.15) is 24.1 Å². The summed E-state index contributed by atoms with van der Waals surface area (Å²) in [4.78, 5) is 29.4. The average molecular weight is 581 g/mol. The molecule has 0 bridgehead atoms. The van der Waals surface area contributed by atoms with Gasteiger partial charge >= 0.3 is 12.1 Å². The number of hydrogen-bond acceptors (Lipinski definition) is 6. The second-order valence-electron chi connectivity index (χ2n) is 10.6. The first-order chi connectivity index (χ1) is 20.0. The van der Waals surface area contributed by atoms with Crippen LogP contribution in [0.5, 0.6) is 5.75 Å². The molecule has 0 spiro atoms. The zero-order chi connectivity index (χ0) is 30.0. The second kappa shape index (κ2) is 11.8. The predicted octanol–water partition coefficient (Wildman–Crippen LogP) is 5.80. The van der Waals surface area contributed by atoms with Crippen molar-refractivity contribution in [2.45, 2.75) is 51.4 Å². The molecule has 2 aromatic carbocycles. The Labute approximate surface area is 241 Å². The van der Waals surface area contributed by atoms with E-state index < -0.39 is 24.1 Å². The molecule has 0 radical (unpaired) electrons. The molecule has 2 atom stereocenters. The van der Waals surface area contributed by atoms with Gasteiger partial charge in [0, 0.05) is 31.8 Å². The van der Waals surface area contributed by atoms with Crippen molar-refractivity contribution in [1.82, 2.24) is 9.88 Å². The second-order valence-corrected chi connectivity index (χ2v) is 10.6. The van der Waals surface area contributed by atoms with Crippen molar-refractivity contribution in [2.24, 2.45) is 11.0 Å². The third kappa shape index (κ3) is 6.09. The zero-order valence-corrected chi connectivity index (χ0v) is 23.2. The summed E-state index contributed by atoms with van der Waals surface area (Å²) < 4.78 is 47.6. The number of alkyl halides is 3. The number of hydrogen-bond donors (Lipinski definition) is 1. The number of amides is 1. The van der Waals surface area contributed by atoms with Crippen LogP contribution in [-0.4, -0.2) is 58.4 Å². The highest BCUT2D eigenvalue weighted by atomic mass is 19.4. The number of likely N-dealkylation sites (tertiary alicyclic amines) is 1. The number of pyridine rings is 1. The van der Waals surface area contributed by atoms with Crippen molar-refractivity contribution in [3.05, 3.63) is 77.4 Å². The van der Waals surface area contributed by atoms with Crippen LogP contribution >= 0.6 is 0 Å². The van der Waals surface area contributed by atoms with Crippen molar-refractivity contribution in [2.75, 3.05) is 18.1 Å². The number of piperidine rings is 1.